The van der Waals surface area contributed by atoms with E-state index in [1.165, 1.54) is 0 Å². The van der Waals surface area contributed by atoms with Gasteiger partial charge in [0.1, 0.15) is 17.0 Å². The number of nitrogens with one attached hydrogen (secondary N) is 2. The zero-order valence-electron chi connectivity index (χ0n) is 18.5. The van der Waals surface area contributed by atoms with Gasteiger partial charge < -0.3 is 25.0 Å². The third-order valence-corrected chi connectivity index (χ3v) is 5.94. The highest BCUT2D eigenvalue weighted by Gasteiger charge is 2.44. The Morgan fingerprint density at radius 3 is 3.00 bits per heavy atom. The molecule has 0 aliphatic carbocycles. The van der Waals surface area contributed by atoms with Crippen LogP contribution in [-0.4, -0.2) is 80.6 Å². The lowest BCUT2D eigenvalue weighted by atomic mass is 10.0. The Morgan fingerprint density at radius 2 is 2.19 bits per heavy atom. The van der Waals surface area contributed by atoms with E-state index >= 15 is 0 Å². The molecule has 1 fully saturated rings. The molecular formula is C20H30N8O4. The summed E-state index contributed by atoms with van der Waals surface area (Å²) in [4.78, 5) is 26.7. The van der Waals surface area contributed by atoms with Crippen molar-refractivity contribution in [1.82, 2.24) is 40.3 Å². The Hall–Kier alpha value is -2.99. The minimum absolute atomic E-state index is 0.0827. The van der Waals surface area contributed by atoms with Gasteiger partial charge >= 0.3 is 6.03 Å². The van der Waals surface area contributed by atoms with Crippen LogP contribution in [0.1, 0.15) is 41.6 Å². The zero-order valence-corrected chi connectivity index (χ0v) is 18.5. The molecule has 4 rings (SSSR count). The second kappa shape index (κ2) is 9.65. The lowest BCUT2D eigenvalue weighted by Crippen LogP contribution is -2.47. The first-order valence-corrected chi connectivity index (χ1v) is 10.9. The van der Waals surface area contributed by atoms with Crippen molar-refractivity contribution in [1.29, 1.82) is 0 Å². The number of aryl methyl sites for hydroxylation is 1. The summed E-state index contributed by atoms with van der Waals surface area (Å²) in [5, 5.41) is 18.5. The lowest BCUT2D eigenvalue weighted by molar-refractivity contribution is -0.0824. The number of ether oxygens (including phenoxy) is 2. The number of carbonyl (C=O) groups excluding carboxylic acids is 2. The number of amides is 3. The van der Waals surface area contributed by atoms with Gasteiger partial charge in [0.25, 0.3) is 5.91 Å². The summed E-state index contributed by atoms with van der Waals surface area (Å²) in [5.41, 5.74) is 1.58. The monoisotopic (exact) mass is 446 g/mol. The third-order valence-electron chi connectivity index (χ3n) is 5.94. The molecule has 0 bridgehead atoms. The predicted molar refractivity (Wildman–Crippen MR) is 113 cm³/mol. The first-order chi connectivity index (χ1) is 15.5. The van der Waals surface area contributed by atoms with Crippen molar-refractivity contribution in [3.05, 3.63) is 29.3 Å². The van der Waals surface area contributed by atoms with Crippen molar-refractivity contribution in [2.75, 3.05) is 33.4 Å². The Balaban J connectivity index is 1.32. The van der Waals surface area contributed by atoms with E-state index in [1.54, 1.807) is 29.0 Å². The molecule has 1 spiro atoms. The molecule has 1 unspecified atom stereocenters. The van der Waals surface area contributed by atoms with Crippen molar-refractivity contribution in [2.45, 2.75) is 51.6 Å². The molecule has 2 aromatic rings. The molecule has 2 aliphatic rings. The van der Waals surface area contributed by atoms with Crippen LogP contribution in [0.3, 0.4) is 0 Å². The van der Waals surface area contributed by atoms with Gasteiger partial charge in [0, 0.05) is 39.5 Å². The van der Waals surface area contributed by atoms with E-state index in [-0.39, 0.29) is 18.5 Å². The summed E-state index contributed by atoms with van der Waals surface area (Å²) in [7, 11) is 1.65. The summed E-state index contributed by atoms with van der Waals surface area (Å²) in [6, 6.07) is 1.60. The molecule has 12 heteroatoms. The number of hydrogen-bond acceptors (Lipinski definition) is 7. The first-order valence-electron chi connectivity index (χ1n) is 10.9. The summed E-state index contributed by atoms with van der Waals surface area (Å²) in [5.74, 6) is -0.206. The number of urea groups is 1. The number of likely N-dealkylation sites (tertiary alicyclic amines) is 1. The SMILES string of the molecule is CCn1nccc1C(=O)NCc1nnn2c1COC1(CCN(C(=O)NCCCOC)C1)C2. The fourth-order valence-corrected chi connectivity index (χ4v) is 4.15. The van der Waals surface area contributed by atoms with Gasteiger partial charge in [-0.3, -0.25) is 9.48 Å². The van der Waals surface area contributed by atoms with Crippen LogP contribution in [0.2, 0.25) is 0 Å². The van der Waals surface area contributed by atoms with Gasteiger partial charge in [-0.05, 0) is 25.8 Å². The highest BCUT2D eigenvalue weighted by atomic mass is 16.5. The minimum atomic E-state index is -0.460. The normalized spacial score (nSPS) is 19.9. The Labute approximate surface area is 186 Å². The number of fused-ring (bicyclic) bond motifs is 1. The van der Waals surface area contributed by atoms with Gasteiger partial charge in [-0.2, -0.15) is 5.10 Å². The van der Waals surface area contributed by atoms with Crippen molar-refractivity contribution in [3.8, 4) is 0 Å². The zero-order chi connectivity index (χ0) is 22.6. The van der Waals surface area contributed by atoms with Crippen LogP contribution >= 0.6 is 0 Å². The number of carbonyl (C=O) groups is 2. The van der Waals surface area contributed by atoms with Gasteiger partial charge in [-0.15, -0.1) is 5.10 Å². The summed E-state index contributed by atoms with van der Waals surface area (Å²) < 4.78 is 14.7. The Bertz CT molecular complexity index is 957. The quantitative estimate of drug-likeness (QED) is 0.552. The highest BCUT2D eigenvalue weighted by molar-refractivity contribution is 5.92. The van der Waals surface area contributed by atoms with Gasteiger partial charge in [0.05, 0.1) is 31.9 Å². The maximum atomic E-state index is 12.5. The number of aromatic nitrogens is 5. The number of nitrogens with zero attached hydrogens (tertiary/aromatic N) is 6. The molecule has 2 N–H and O–H groups in total. The summed E-state index contributed by atoms with van der Waals surface area (Å²) >= 11 is 0. The molecule has 4 heterocycles. The van der Waals surface area contributed by atoms with Crippen molar-refractivity contribution in [2.24, 2.45) is 0 Å². The van der Waals surface area contributed by atoms with Crippen LogP contribution in [0.5, 0.6) is 0 Å². The van der Waals surface area contributed by atoms with E-state index in [2.05, 4.69) is 26.0 Å². The molecule has 1 atom stereocenters. The second-order valence-corrected chi connectivity index (χ2v) is 8.08. The van der Waals surface area contributed by atoms with E-state index in [9.17, 15) is 9.59 Å². The van der Waals surface area contributed by atoms with Crippen LogP contribution in [-0.2, 0) is 35.7 Å². The van der Waals surface area contributed by atoms with E-state index in [4.69, 9.17) is 9.47 Å². The van der Waals surface area contributed by atoms with E-state index in [0.717, 1.165) is 18.5 Å². The molecule has 32 heavy (non-hydrogen) atoms. The fourth-order valence-electron chi connectivity index (χ4n) is 4.15. The third kappa shape index (κ3) is 4.60. The smallest absolute Gasteiger partial charge is 0.317 e. The van der Waals surface area contributed by atoms with Gasteiger partial charge in [-0.1, -0.05) is 5.21 Å². The van der Waals surface area contributed by atoms with Gasteiger partial charge in [0.15, 0.2) is 0 Å². The van der Waals surface area contributed by atoms with E-state index in [0.29, 0.717) is 57.3 Å². The summed E-state index contributed by atoms with van der Waals surface area (Å²) in [6.07, 6.45) is 3.13. The molecule has 0 saturated carbocycles. The molecule has 3 amide bonds. The average molecular weight is 447 g/mol. The molecule has 2 aromatic heterocycles. The van der Waals surface area contributed by atoms with Gasteiger partial charge in [-0.25, -0.2) is 9.48 Å². The van der Waals surface area contributed by atoms with Crippen molar-refractivity contribution in [3.63, 3.8) is 0 Å². The maximum Gasteiger partial charge on any atom is 0.317 e. The summed E-state index contributed by atoms with van der Waals surface area (Å²) in [6.45, 7) is 6.02. The van der Waals surface area contributed by atoms with E-state index in [1.807, 2.05) is 11.6 Å². The van der Waals surface area contributed by atoms with Crippen LogP contribution in [0.15, 0.2) is 12.3 Å². The lowest BCUT2D eigenvalue weighted by Gasteiger charge is -2.33. The molecule has 12 nitrogen and oxygen atoms in total. The molecule has 0 radical (unpaired) electrons. The van der Waals surface area contributed by atoms with Gasteiger partial charge in [0.2, 0.25) is 0 Å². The number of methoxy groups -OCH3 is 1. The van der Waals surface area contributed by atoms with Crippen molar-refractivity contribution < 1.29 is 19.1 Å². The predicted octanol–water partition coefficient (Wildman–Crippen LogP) is 0.145. The molecular weight excluding hydrogens is 416 g/mol. The standard InChI is InChI=1S/C20H30N8O4/c1-3-27-16(5-8-23-27)18(29)22-11-15-17-12-32-20(14-28(17)25-24-15)6-9-26(13-20)19(30)21-7-4-10-31-2/h5,8H,3-4,6-7,9-14H2,1-2H3,(H,21,30)(H,22,29). The molecule has 0 aromatic carbocycles. The molecule has 2 aliphatic heterocycles. The second-order valence-electron chi connectivity index (χ2n) is 8.08. The van der Waals surface area contributed by atoms with Crippen molar-refractivity contribution >= 4 is 11.9 Å². The number of rotatable bonds is 8. The molecule has 174 valence electrons. The highest BCUT2D eigenvalue weighted by Crippen LogP contribution is 2.32. The molecule has 1 saturated heterocycles. The van der Waals surface area contributed by atoms with Crippen LogP contribution in [0.25, 0.3) is 0 Å². The largest absolute Gasteiger partial charge is 0.385 e. The maximum absolute atomic E-state index is 12.5. The average Bonchev–Trinajstić information content (AvgIpc) is 3.53. The topological polar surface area (TPSA) is 128 Å². The first kappa shape index (κ1) is 22.2. The van der Waals surface area contributed by atoms with Crippen LogP contribution < -0.4 is 10.6 Å². The fraction of sp³-hybridized carbons (Fsp3) is 0.650. The minimum Gasteiger partial charge on any atom is -0.385 e. The Kier molecular flexibility index (Phi) is 6.70. The van der Waals surface area contributed by atoms with Crippen LogP contribution in [0, 0.1) is 0 Å². The Morgan fingerprint density at radius 1 is 1.31 bits per heavy atom. The van der Waals surface area contributed by atoms with E-state index < -0.39 is 5.60 Å². The van der Waals surface area contributed by atoms with Crippen LogP contribution in [0.4, 0.5) is 4.79 Å². The number of hydrogen-bond donors (Lipinski definition) is 2.